The maximum Gasteiger partial charge on any atom is 0.336 e. The van der Waals surface area contributed by atoms with Gasteiger partial charge in [-0.15, -0.1) is 0 Å². The summed E-state index contributed by atoms with van der Waals surface area (Å²) in [6, 6.07) is 12.1. The number of aromatic carboxylic acids is 1. The SMILES string of the molecule is O=C(O)c1cccc2c1C(C(=O)Nc1c[nH]c3ccccc13)NCC2. The quantitative estimate of drug-likeness (QED) is 0.592. The van der Waals surface area contributed by atoms with E-state index in [2.05, 4.69) is 15.6 Å². The van der Waals surface area contributed by atoms with Gasteiger partial charge in [0.1, 0.15) is 6.04 Å². The van der Waals surface area contributed by atoms with Gasteiger partial charge in [-0.2, -0.15) is 0 Å². The highest BCUT2D eigenvalue weighted by Crippen LogP contribution is 2.29. The monoisotopic (exact) mass is 335 g/mol. The zero-order valence-corrected chi connectivity index (χ0v) is 13.4. The molecule has 0 spiro atoms. The smallest absolute Gasteiger partial charge is 0.336 e. The first-order chi connectivity index (χ1) is 12.1. The fraction of sp³-hybridized carbons (Fsp3) is 0.158. The molecule has 0 saturated heterocycles. The predicted octanol–water partition coefficient (Wildman–Crippen LogP) is 2.69. The van der Waals surface area contributed by atoms with E-state index in [9.17, 15) is 14.7 Å². The Morgan fingerprint density at radius 2 is 1.96 bits per heavy atom. The summed E-state index contributed by atoms with van der Waals surface area (Å²) in [5, 5.41) is 16.5. The zero-order valence-electron chi connectivity index (χ0n) is 13.4. The number of aromatic amines is 1. The molecule has 126 valence electrons. The van der Waals surface area contributed by atoms with Crippen molar-refractivity contribution in [2.24, 2.45) is 0 Å². The minimum Gasteiger partial charge on any atom is -0.478 e. The molecule has 4 N–H and O–H groups in total. The molecule has 25 heavy (non-hydrogen) atoms. The summed E-state index contributed by atoms with van der Waals surface area (Å²) in [5.74, 6) is -1.29. The molecule has 0 fully saturated rings. The summed E-state index contributed by atoms with van der Waals surface area (Å²) >= 11 is 0. The van der Waals surface area contributed by atoms with Crippen LogP contribution in [0.25, 0.3) is 10.9 Å². The Bertz CT molecular complexity index is 977. The van der Waals surface area contributed by atoms with Crippen molar-refractivity contribution in [3.8, 4) is 0 Å². The van der Waals surface area contributed by atoms with Crippen molar-refractivity contribution in [2.75, 3.05) is 11.9 Å². The first-order valence-electron chi connectivity index (χ1n) is 8.10. The van der Waals surface area contributed by atoms with Crippen LogP contribution in [0.4, 0.5) is 5.69 Å². The lowest BCUT2D eigenvalue weighted by Crippen LogP contribution is -2.39. The molecule has 1 amide bonds. The maximum absolute atomic E-state index is 12.9. The number of hydrogen-bond acceptors (Lipinski definition) is 3. The van der Waals surface area contributed by atoms with Gasteiger partial charge in [0.05, 0.1) is 11.3 Å². The van der Waals surface area contributed by atoms with Crippen molar-refractivity contribution in [2.45, 2.75) is 12.5 Å². The summed E-state index contributed by atoms with van der Waals surface area (Å²) in [5.41, 5.74) is 3.24. The number of anilines is 1. The van der Waals surface area contributed by atoms with E-state index >= 15 is 0 Å². The second-order valence-corrected chi connectivity index (χ2v) is 6.06. The van der Waals surface area contributed by atoms with Crippen molar-refractivity contribution in [3.63, 3.8) is 0 Å². The molecule has 2 heterocycles. The number of para-hydroxylation sites is 1. The van der Waals surface area contributed by atoms with Crippen LogP contribution < -0.4 is 10.6 Å². The number of hydrogen-bond donors (Lipinski definition) is 4. The second kappa shape index (κ2) is 6.07. The molecular formula is C19H17N3O3. The van der Waals surface area contributed by atoms with Gasteiger partial charge >= 0.3 is 5.97 Å². The Morgan fingerprint density at radius 1 is 1.12 bits per heavy atom. The molecule has 1 unspecified atom stereocenters. The molecule has 0 radical (unpaired) electrons. The number of aromatic nitrogens is 1. The number of fused-ring (bicyclic) bond motifs is 2. The average Bonchev–Trinajstić information content (AvgIpc) is 3.03. The van der Waals surface area contributed by atoms with Crippen LogP contribution in [0.1, 0.15) is 27.5 Å². The van der Waals surface area contributed by atoms with E-state index in [0.29, 0.717) is 24.2 Å². The molecular weight excluding hydrogens is 318 g/mol. The van der Waals surface area contributed by atoms with Crippen molar-refractivity contribution in [1.82, 2.24) is 10.3 Å². The van der Waals surface area contributed by atoms with Crippen LogP contribution in [0.2, 0.25) is 0 Å². The first-order valence-corrected chi connectivity index (χ1v) is 8.10. The number of H-pyrrole nitrogens is 1. The van der Waals surface area contributed by atoms with Crippen LogP contribution in [-0.2, 0) is 11.2 Å². The van der Waals surface area contributed by atoms with E-state index in [1.165, 1.54) is 0 Å². The van der Waals surface area contributed by atoms with Gasteiger partial charge in [0.25, 0.3) is 0 Å². The van der Waals surface area contributed by atoms with E-state index < -0.39 is 12.0 Å². The number of carboxylic acid groups (broad SMARTS) is 1. The van der Waals surface area contributed by atoms with Gasteiger partial charge in [0, 0.05) is 23.6 Å². The molecule has 2 aromatic carbocycles. The number of amides is 1. The van der Waals surface area contributed by atoms with Gasteiger partial charge in [-0.3, -0.25) is 4.79 Å². The van der Waals surface area contributed by atoms with Gasteiger partial charge < -0.3 is 20.7 Å². The molecule has 4 rings (SSSR count). The molecule has 1 aliphatic rings. The van der Waals surface area contributed by atoms with E-state index in [1.807, 2.05) is 30.3 Å². The summed E-state index contributed by atoms with van der Waals surface area (Å²) in [7, 11) is 0. The number of carbonyl (C=O) groups excluding carboxylic acids is 1. The molecule has 1 aromatic heterocycles. The molecule has 0 bridgehead atoms. The Labute approximate surface area is 143 Å². The highest BCUT2D eigenvalue weighted by atomic mass is 16.4. The van der Waals surface area contributed by atoms with Crippen molar-refractivity contribution in [1.29, 1.82) is 0 Å². The van der Waals surface area contributed by atoms with Crippen molar-refractivity contribution < 1.29 is 14.7 Å². The summed E-state index contributed by atoms with van der Waals surface area (Å²) in [6.45, 7) is 0.627. The van der Waals surface area contributed by atoms with E-state index in [1.54, 1.807) is 18.3 Å². The summed E-state index contributed by atoms with van der Waals surface area (Å²) in [4.78, 5) is 27.6. The highest BCUT2D eigenvalue weighted by molar-refractivity contribution is 6.05. The number of carbonyl (C=O) groups is 2. The Morgan fingerprint density at radius 3 is 2.80 bits per heavy atom. The van der Waals surface area contributed by atoms with E-state index in [0.717, 1.165) is 16.5 Å². The topological polar surface area (TPSA) is 94.2 Å². The van der Waals surface area contributed by atoms with Gasteiger partial charge in [-0.05, 0) is 29.7 Å². The lowest BCUT2D eigenvalue weighted by atomic mass is 9.89. The molecule has 0 aliphatic carbocycles. The van der Waals surface area contributed by atoms with Crippen LogP contribution in [0.15, 0.2) is 48.7 Å². The summed E-state index contributed by atoms with van der Waals surface area (Å²) < 4.78 is 0. The normalized spacial score (nSPS) is 16.4. The molecule has 0 saturated carbocycles. The minimum absolute atomic E-state index is 0.170. The predicted molar refractivity (Wildman–Crippen MR) is 94.8 cm³/mol. The maximum atomic E-state index is 12.9. The number of nitrogens with one attached hydrogen (secondary N) is 3. The summed E-state index contributed by atoms with van der Waals surface area (Å²) in [6.07, 6.45) is 2.45. The van der Waals surface area contributed by atoms with E-state index in [4.69, 9.17) is 0 Å². The van der Waals surface area contributed by atoms with Crippen LogP contribution >= 0.6 is 0 Å². The van der Waals surface area contributed by atoms with Gasteiger partial charge in [-0.25, -0.2) is 4.79 Å². The highest BCUT2D eigenvalue weighted by Gasteiger charge is 2.30. The molecule has 1 atom stereocenters. The number of benzene rings is 2. The van der Waals surface area contributed by atoms with Gasteiger partial charge in [0.15, 0.2) is 0 Å². The van der Waals surface area contributed by atoms with E-state index in [-0.39, 0.29) is 11.5 Å². The average molecular weight is 335 g/mol. The largest absolute Gasteiger partial charge is 0.478 e. The molecule has 3 aromatic rings. The standard InChI is InChI=1S/C19H17N3O3/c23-18(22-15-10-21-14-7-2-1-5-12(14)15)17-16-11(8-9-20-17)4-3-6-13(16)19(24)25/h1-7,10,17,20-21H,8-9H2,(H,22,23)(H,24,25). The zero-order chi connectivity index (χ0) is 17.4. The third-order valence-corrected chi connectivity index (χ3v) is 4.57. The van der Waals surface area contributed by atoms with Crippen LogP contribution in [0, 0.1) is 0 Å². The first kappa shape index (κ1) is 15.4. The lowest BCUT2D eigenvalue weighted by Gasteiger charge is -2.27. The fourth-order valence-electron chi connectivity index (χ4n) is 3.42. The fourth-order valence-corrected chi connectivity index (χ4v) is 3.42. The molecule has 6 heteroatoms. The third-order valence-electron chi connectivity index (χ3n) is 4.57. The lowest BCUT2D eigenvalue weighted by molar-refractivity contribution is -0.118. The van der Waals surface area contributed by atoms with Crippen LogP contribution in [-0.4, -0.2) is 28.5 Å². The Kier molecular flexibility index (Phi) is 3.74. The number of carboxylic acids is 1. The minimum atomic E-state index is -1.02. The second-order valence-electron chi connectivity index (χ2n) is 6.06. The van der Waals surface area contributed by atoms with Crippen molar-refractivity contribution in [3.05, 3.63) is 65.4 Å². The Balaban J connectivity index is 1.69. The Hall–Kier alpha value is -3.12. The van der Waals surface area contributed by atoms with Crippen molar-refractivity contribution >= 4 is 28.5 Å². The molecule has 1 aliphatic heterocycles. The van der Waals surface area contributed by atoms with Crippen LogP contribution in [0.5, 0.6) is 0 Å². The van der Waals surface area contributed by atoms with Gasteiger partial charge in [0.2, 0.25) is 5.91 Å². The number of rotatable bonds is 3. The van der Waals surface area contributed by atoms with Crippen LogP contribution in [0.3, 0.4) is 0 Å². The van der Waals surface area contributed by atoms with Gasteiger partial charge in [-0.1, -0.05) is 30.3 Å². The third kappa shape index (κ3) is 2.66. The molecule has 6 nitrogen and oxygen atoms in total.